The third-order valence-electron chi connectivity index (χ3n) is 3.34. The topological polar surface area (TPSA) is 66.6 Å². The van der Waals surface area contributed by atoms with Gasteiger partial charge in [0.2, 0.25) is 0 Å². The van der Waals surface area contributed by atoms with Crippen LogP contribution in [-0.4, -0.2) is 35.1 Å². The number of hydrogen-bond acceptors (Lipinski definition) is 4. The van der Waals surface area contributed by atoms with E-state index < -0.39 is 6.10 Å². The zero-order valence-electron chi connectivity index (χ0n) is 10.1. The molecule has 2 aromatic rings. The van der Waals surface area contributed by atoms with Gasteiger partial charge in [0.25, 0.3) is 5.91 Å². The van der Waals surface area contributed by atoms with Crippen molar-refractivity contribution in [2.24, 2.45) is 0 Å². The number of fused-ring (bicyclic) bond motifs is 1. The predicted octanol–water partition coefficient (Wildman–Crippen LogP) is 2.45. The maximum atomic E-state index is 12.4. The highest BCUT2D eigenvalue weighted by molar-refractivity contribution is 9.10. The van der Waals surface area contributed by atoms with Crippen LogP contribution in [0.5, 0.6) is 0 Å². The van der Waals surface area contributed by atoms with E-state index >= 15 is 0 Å². The Hall–Kier alpha value is -1.11. The van der Waals surface area contributed by atoms with Gasteiger partial charge in [-0.3, -0.25) is 4.79 Å². The predicted molar refractivity (Wildman–Crippen MR) is 80.5 cm³/mol. The molecule has 1 amide bonds. The first-order chi connectivity index (χ1) is 9.06. The quantitative estimate of drug-likeness (QED) is 0.837. The van der Waals surface area contributed by atoms with Crippen LogP contribution in [0, 0.1) is 0 Å². The van der Waals surface area contributed by atoms with Gasteiger partial charge in [-0.25, -0.2) is 0 Å². The summed E-state index contributed by atoms with van der Waals surface area (Å²) in [6.07, 6.45) is 0.232. The molecule has 0 bridgehead atoms. The van der Waals surface area contributed by atoms with E-state index in [0.717, 1.165) is 14.6 Å². The van der Waals surface area contributed by atoms with Gasteiger partial charge in [-0.2, -0.15) is 0 Å². The second-order valence-corrected chi connectivity index (χ2v) is 6.65. The normalized spacial score (nSPS) is 19.3. The first kappa shape index (κ1) is 12.9. The van der Waals surface area contributed by atoms with Crippen molar-refractivity contribution < 1.29 is 9.90 Å². The number of carbonyl (C=O) groups is 1. The number of thiophene rings is 1. The molecule has 1 aliphatic rings. The molecule has 1 atom stereocenters. The van der Waals surface area contributed by atoms with Crippen LogP contribution in [0.4, 0.5) is 5.69 Å². The lowest BCUT2D eigenvalue weighted by Crippen LogP contribution is -2.29. The average molecular weight is 341 g/mol. The molecule has 1 saturated heterocycles. The van der Waals surface area contributed by atoms with E-state index in [1.807, 2.05) is 18.2 Å². The number of nitrogens with zero attached hydrogens (tertiary/aromatic N) is 1. The Balaban J connectivity index is 2.00. The van der Waals surface area contributed by atoms with Gasteiger partial charge in [-0.1, -0.05) is 22.0 Å². The summed E-state index contributed by atoms with van der Waals surface area (Å²) in [6, 6.07) is 5.80. The van der Waals surface area contributed by atoms with Gasteiger partial charge < -0.3 is 15.7 Å². The van der Waals surface area contributed by atoms with E-state index in [2.05, 4.69) is 15.9 Å². The average Bonchev–Trinajstić information content (AvgIpc) is 2.93. The number of benzene rings is 1. The lowest BCUT2D eigenvalue weighted by Gasteiger charge is -2.14. The van der Waals surface area contributed by atoms with Gasteiger partial charge in [0.1, 0.15) is 4.88 Å². The molecule has 3 rings (SSSR count). The Morgan fingerprint density at radius 2 is 2.32 bits per heavy atom. The van der Waals surface area contributed by atoms with Gasteiger partial charge in [0.05, 0.1) is 11.8 Å². The van der Waals surface area contributed by atoms with Crippen LogP contribution in [-0.2, 0) is 0 Å². The highest BCUT2D eigenvalue weighted by Gasteiger charge is 2.28. The molecular weight excluding hydrogens is 328 g/mol. The number of rotatable bonds is 1. The molecule has 1 aromatic heterocycles. The number of carbonyl (C=O) groups excluding carboxylic acids is 1. The SMILES string of the molecule is Nc1c(C(=O)N2CCC(O)C2)sc2cc(Br)ccc12. The first-order valence-corrected chi connectivity index (χ1v) is 7.62. The van der Waals surface area contributed by atoms with Gasteiger partial charge in [0.15, 0.2) is 0 Å². The lowest BCUT2D eigenvalue weighted by molar-refractivity contribution is 0.0770. The Morgan fingerprint density at radius 1 is 1.53 bits per heavy atom. The summed E-state index contributed by atoms with van der Waals surface area (Å²) >= 11 is 4.82. The number of nitrogens with two attached hydrogens (primary N) is 1. The molecule has 6 heteroatoms. The zero-order chi connectivity index (χ0) is 13.6. The van der Waals surface area contributed by atoms with E-state index in [1.54, 1.807) is 4.90 Å². The number of amides is 1. The maximum Gasteiger partial charge on any atom is 0.266 e. The Kier molecular flexibility index (Phi) is 3.24. The van der Waals surface area contributed by atoms with E-state index in [0.29, 0.717) is 30.1 Å². The minimum Gasteiger partial charge on any atom is -0.397 e. The third-order valence-corrected chi connectivity index (χ3v) is 4.98. The van der Waals surface area contributed by atoms with E-state index in [-0.39, 0.29) is 5.91 Å². The molecule has 3 N–H and O–H groups in total. The van der Waals surface area contributed by atoms with Crippen LogP contribution < -0.4 is 5.73 Å². The number of aliphatic hydroxyl groups is 1. The van der Waals surface area contributed by atoms with Gasteiger partial charge in [-0.15, -0.1) is 11.3 Å². The lowest BCUT2D eigenvalue weighted by atomic mass is 10.2. The summed E-state index contributed by atoms with van der Waals surface area (Å²) in [4.78, 5) is 14.6. The summed E-state index contributed by atoms with van der Waals surface area (Å²) in [6.45, 7) is 0.994. The molecule has 1 aromatic carbocycles. The number of hydrogen-bond donors (Lipinski definition) is 2. The summed E-state index contributed by atoms with van der Waals surface area (Å²) in [7, 11) is 0. The minimum atomic E-state index is -0.409. The standard InChI is InChI=1S/C13H13BrN2O2S/c14-7-1-2-9-10(5-7)19-12(11(9)15)13(18)16-4-3-8(17)6-16/h1-2,5,8,17H,3-4,6,15H2. The molecular formula is C13H13BrN2O2S. The Labute approximate surface area is 122 Å². The number of halogens is 1. The highest BCUT2D eigenvalue weighted by Crippen LogP contribution is 2.36. The Bertz CT molecular complexity index is 655. The molecule has 1 aliphatic heterocycles. The monoisotopic (exact) mass is 340 g/mol. The fourth-order valence-corrected chi connectivity index (χ4v) is 3.96. The van der Waals surface area contributed by atoms with E-state index in [9.17, 15) is 9.90 Å². The van der Waals surface area contributed by atoms with Gasteiger partial charge >= 0.3 is 0 Å². The molecule has 0 radical (unpaired) electrons. The number of nitrogen functional groups attached to an aromatic ring is 1. The van der Waals surface area contributed by atoms with Crippen molar-refractivity contribution >= 4 is 48.9 Å². The van der Waals surface area contributed by atoms with Crippen molar-refractivity contribution in [3.63, 3.8) is 0 Å². The second-order valence-electron chi connectivity index (χ2n) is 4.68. The molecule has 100 valence electrons. The summed E-state index contributed by atoms with van der Waals surface area (Å²) < 4.78 is 1.96. The van der Waals surface area contributed by atoms with Crippen LogP contribution >= 0.6 is 27.3 Å². The summed E-state index contributed by atoms with van der Waals surface area (Å²) in [5.41, 5.74) is 6.62. The van der Waals surface area contributed by atoms with E-state index in [4.69, 9.17) is 5.73 Å². The van der Waals surface area contributed by atoms with Crippen molar-refractivity contribution in [3.8, 4) is 0 Å². The molecule has 0 saturated carbocycles. The summed E-state index contributed by atoms with van der Waals surface area (Å²) in [5.74, 6) is -0.0774. The van der Waals surface area contributed by atoms with Crippen LogP contribution in [0.1, 0.15) is 16.1 Å². The fraction of sp³-hybridized carbons (Fsp3) is 0.308. The van der Waals surface area contributed by atoms with Gasteiger partial charge in [0, 0.05) is 27.6 Å². The number of aliphatic hydroxyl groups excluding tert-OH is 1. The van der Waals surface area contributed by atoms with E-state index in [1.165, 1.54) is 11.3 Å². The minimum absolute atomic E-state index is 0.0774. The smallest absolute Gasteiger partial charge is 0.266 e. The van der Waals surface area contributed by atoms with Crippen LogP contribution in [0.2, 0.25) is 0 Å². The fourth-order valence-electron chi connectivity index (χ4n) is 2.32. The first-order valence-electron chi connectivity index (χ1n) is 6.01. The van der Waals surface area contributed by atoms with Crippen molar-refractivity contribution in [2.75, 3.05) is 18.8 Å². The van der Waals surface area contributed by atoms with Crippen molar-refractivity contribution in [1.82, 2.24) is 4.90 Å². The molecule has 19 heavy (non-hydrogen) atoms. The molecule has 0 spiro atoms. The number of anilines is 1. The van der Waals surface area contributed by atoms with Crippen molar-refractivity contribution in [2.45, 2.75) is 12.5 Å². The van der Waals surface area contributed by atoms with Crippen molar-refractivity contribution in [1.29, 1.82) is 0 Å². The largest absolute Gasteiger partial charge is 0.397 e. The molecule has 4 nitrogen and oxygen atoms in total. The second kappa shape index (κ2) is 4.77. The van der Waals surface area contributed by atoms with Gasteiger partial charge in [-0.05, 0) is 18.6 Å². The maximum absolute atomic E-state index is 12.4. The van der Waals surface area contributed by atoms with Crippen LogP contribution in [0.3, 0.4) is 0 Å². The molecule has 2 heterocycles. The van der Waals surface area contributed by atoms with Crippen molar-refractivity contribution in [3.05, 3.63) is 27.5 Å². The third kappa shape index (κ3) is 2.24. The number of likely N-dealkylation sites (tertiary alicyclic amines) is 1. The molecule has 1 unspecified atom stereocenters. The molecule has 0 aliphatic carbocycles. The number of β-amino-alcohol motifs (C(OH)–C–C–N with tert-alkyl or cyclic N) is 1. The highest BCUT2D eigenvalue weighted by atomic mass is 79.9. The van der Waals surface area contributed by atoms with Crippen LogP contribution in [0.15, 0.2) is 22.7 Å². The molecule has 1 fully saturated rings. The summed E-state index contributed by atoms with van der Waals surface area (Å²) in [5, 5.41) is 10.4. The zero-order valence-corrected chi connectivity index (χ0v) is 12.5. The van der Waals surface area contributed by atoms with Crippen LogP contribution in [0.25, 0.3) is 10.1 Å². The Morgan fingerprint density at radius 3 is 3.00 bits per heavy atom.